The number of rotatable bonds is 3. The molecule has 1 atom stereocenters. The third-order valence-electron chi connectivity index (χ3n) is 4.03. The van der Waals surface area contributed by atoms with Crippen molar-refractivity contribution in [3.8, 4) is 0 Å². The Morgan fingerprint density at radius 1 is 1.24 bits per heavy atom. The van der Waals surface area contributed by atoms with Crippen molar-refractivity contribution in [3.05, 3.63) is 24.2 Å². The lowest BCUT2D eigenvalue weighted by atomic mass is 9.91. The largest absolute Gasteiger partial charge is 0.468 e. The maximum Gasteiger partial charge on any atom is 0.122 e. The minimum absolute atomic E-state index is 0.0395. The summed E-state index contributed by atoms with van der Waals surface area (Å²) in [6, 6.07) is 3.83. The predicted molar refractivity (Wildman–Crippen MR) is 69.8 cm³/mol. The van der Waals surface area contributed by atoms with Crippen LogP contribution in [0.5, 0.6) is 0 Å². The van der Waals surface area contributed by atoms with Crippen LogP contribution in [-0.4, -0.2) is 23.5 Å². The third-order valence-corrected chi connectivity index (χ3v) is 4.03. The molecular weight excluding hydrogens is 212 g/mol. The van der Waals surface area contributed by atoms with E-state index in [0.717, 1.165) is 18.8 Å². The summed E-state index contributed by atoms with van der Waals surface area (Å²) in [4.78, 5) is 2.52. The first kappa shape index (κ1) is 12.7. The zero-order chi connectivity index (χ0) is 12.3. The summed E-state index contributed by atoms with van der Waals surface area (Å²) in [5.41, 5.74) is 6.32. The smallest absolute Gasteiger partial charge is 0.122 e. The van der Waals surface area contributed by atoms with Gasteiger partial charge in [-0.05, 0) is 51.9 Å². The molecular formula is C14H24N2O. The fraction of sp³-hybridized carbons (Fsp3) is 0.714. The van der Waals surface area contributed by atoms with Gasteiger partial charge in [0.1, 0.15) is 5.76 Å². The Hall–Kier alpha value is -0.800. The molecule has 1 aliphatic heterocycles. The predicted octanol–water partition coefficient (Wildman–Crippen LogP) is 2.93. The van der Waals surface area contributed by atoms with Crippen molar-refractivity contribution in [3.63, 3.8) is 0 Å². The Labute approximate surface area is 104 Å². The molecule has 0 bridgehead atoms. The van der Waals surface area contributed by atoms with Crippen LogP contribution in [0.15, 0.2) is 22.8 Å². The van der Waals surface area contributed by atoms with Crippen LogP contribution in [0.2, 0.25) is 0 Å². The maximum atomic E-state index is 6.36. The molecule has 96 valence electrons. The Morgan fingerprint density at radius 3 is 2.41 bits per heavy atom. The quantitative estimate of drug-likeness (QED) is 0.877. The van der Waals surface area contributed by atoms with Crippen molar-refractivity contribution in [1.29, 1.82) is 0 Å². The average Bonchev–Trinajstić information content (AvgIpc) is 2.69. The lowest BCUT2D eigenvalue weighted by Crippen LogP contribution is -2.51. The van der Waals surface area contributed by atoms with Crippen LogP contribution in [0, 0.1) is 0 Å². The van der Waals surface area contributed by atoms with Crippen LogP contribution in [0.4, 0.5) is 0 Å². The van der Waals surface area contributed by atoms with Crippen molar-refractivity contribution < 1.29 is 4.42 Å². The number of likely N-dealkylation sites (tertiary alicyclic amines) is 1. The van der Waals surface area contributed by atoms with E-state index < -0.39 is 0 Å². The topological polar surface area (TPSA) is 42.4 Å². The van der Waals surface area contributed by atoms with Crippen molar-refractivity contribution in [1.82, 2.24) is 4.90 Å². The summed E-state index contributed by atoms with van der Waals surface area (Å²) in [5, 5.41) is 0. The monoisotopic (exact) mass is 236 g/mol. The van der Waals surface area contributed by atoms with Gasteiger partial charge in [-0.1, -0.05) is 12.8 Å². The molecule has 1 aromatic rings. The lowest BCUT2D eigenvalue weighted by molar-refractivity contribution is 0.0901. The molecule has 3 nitrogen and oxygen atoms in total. The molecule has 2 rings (SSSR count). The minimum Gasteiger partial charge on any atom is -0.468 e. The second-order valence-corrected chi connectivity index (χ2v) is 5.55. The summed E-state index contributed by atoms with van der Waals surface area (Å²) in [6.45, 7) is 6.76. The first-order valence-electron chi connectivity index (χ1n) is 6.66. The Morgan fingerprint density at radius 2 is 1.88 bits per heavy atom. The van der Waals surface area contributed by atoms with Gasteiger partial charge in [0.2, 0.25) is 0 Å². The van der Waals surface area contributed by atoms with E-state index in [4.69, 9.17) is 10.2 Å². The van der Waals surface area contributed by atoms with E-state index in [9.17, 15) is 0 Å². The fourth-order valence-corrected chi connectivity index (χ4v) is 2.66. The van der Waals surface area contributed by atoms with Gasteiger partial charge in [0.05, 0.1) is 12.3 Å². The molecule has 2 heterocycles. The van der Waals surface area contributed by atoms with Gasteiger partial charge in [0, 0.05) is 5.54 Å². The number of hydrogen-bond acceptors (Lipinski definition) is 3. The van der Waals surface area contributed by atoms with Gasteiger partial charge in [0.15, 0.2) is 0 Å². The molecule has 0 aromatic carbocycles. The second kappa shape index (κ2) is 5.23. The van der Waals surface area contributed by atoms with E-state index in [0.29, 0.717) is 0 Å². The summed E-state index contributed by atoms with van der Waals surface area (Å²) in [7, 11) is 0. The van der Waals surface area contributed by atoms with Crippen LogP contribution < -0.4 is 5.73 Å². The Balaban J connectivity index is 2.10. The third kappa shape index (κ3) is 2.72. The lowest BCUT2D eigenvalue weighted by Gasteiger charge is -2.41. The van der Waals surface area contributed by atoms with E-state index >= 15 is 0 Å². The van der Waals surface area contributed by atoms with Gasteiger partial charge < -0.3 is 10.2 Å². The van der Waals surface area contributed by atoms with Gasteiger partial charge in [-0.25, -0.2) is 0 Å². The zero-order valence-electron chi connectivity index (χ0n) is 11.0. The van der Waals surface area contributed by atoms with Crippen LogP contribution in [0.3, 0.4) is 0 Å². The molecule has 0 saturated carbocycles. The fourth-order valence-electron chi connectivity index (χ4n) is 2.66. The van der Waals surface area contributed by atoms with E-state index in [1.165, 1.54) is 25.7 Å². The van der Waals surface area contributed by atoms with Gasteiger partial charge in [-0.3, -0.25) is 4.90 Å². The van der Waals surface area contributed by atoms with Crippen molar-refractivity contribution in [2.45, 2.75) is 51.1 Å². The average molecular weight is 236 g/mol. The summed E-state index contributed by atoms with van der Waals surface area (Å²) < 4.78 is 5.45. The Bertz CT molecular complexity index is 324. The summed E-state index contributed by atoms with van der Waals surface area (Å²) in [5.74, 6) is 0.888. The molecule has 1 aliphatic rings. The van der Waals surface area contributed by atoms with E-state index in [1.807, 2.05) is 12.1 Å². The normalized spacial score (nSPS) is 21.1. The van der Waals surface area contributed by atoms with Gasteiger partial charge in [0.25, 0.3) is 0 Å². The summed E-state index contributed by atoms with van der Waals surface area (Å²) in [6.07, 6.45) is 6.97. The molecule has 0 amide bonds. The maximum absolute atomic E-state index is 6.36. The minimum atomic E-state index is -0.0596. The van der Waals surface area contributed by atoms with Gasteiger partial charge >= 0.3 is 0 Å². The number of nitrogens with two attached hydrogens (primary N) is 1. The van der Waals surface area contributed by atoms with Crippen molar-refractivity contribution in [2.24, 2.45) is 5.73 Å². The molecule has 1 aromatic heterocycles. The van der Waals surface area contributed by atoms with Crippen LogP contribution in [0.1, 0.15) is 51.3 Å². The molecule has 0 radical (unpaired) electrons. The van der Waals surface area contributed by atoms with Crippen LogP contribution in [0.25, 0.3) is 0 Å². The van der Waals surface area contributed by atoms with E-state index in [-0.39, 0.29) is 11.6 Å². The Kier molecular flexibility index (Phi) is 3.89. The van der Waals surface area contributed by atoms with Crippen LogP contribution >= 0.6 is 0 Å². The first-order valence-corrected chi connectivity index (χ1v) is 6.66. The van der Waals surface area contributed by atoms with Crippen molar-refractivity contribution in [2.75, 3.05) is 13.1 Å². The van der Waals surface area contributed by atoms with Crippen LogP contribution in [-0.2, 0) is 0 Å². The standard InChI is InChI=1S/C14H24N2O/c1-14(2,13(15)12-8-7-11-17-12)16-9-5-3-4-6-10-16/h7-8,11,13H,3-6,9-10,15H2,1-2H3. The molecule has 0 spiro atoms. The highest BCUT2D eigenvalue weighted by atomic mass is 16.3. The van der Waals surface area contributed by atoms with Gasteiger partial charge in [-0.2, -0.15) is 0 Å². The highest BCUT2D eigenvalue weighted by molar-refractivity contribution is 5.10. The number of hydrogen-bond donors (Lipinski definition) is 1. The highest BCUT2D eigenvalue weighted by Crippen LogP contribution is 2.31. The summed E-state index contributed by atoms with van der Waals surface area (Å²) >= 11 is 0. The zero-order valence-corrected chi connectivity index (χ0v) is 11.0. The molecule has 1 fully saturated rings. The van der Waals surface area contributed by atoms with Gasteiger partial charge in [-0.15, -0.1) is 0 Å². The molecule has 3 heteroatoms. The van der Waals surface area contributed by atoms with E-state index in [1.54, 1.807) is 6.26 Å². The first-order chi connectivity index (χ1) is 8.12. The number of nitrogens with zero attached hydrogens (tertiary/aromatic N) is 1. The number of furan rings is 1. The molecule has 0 aliphatic carbocycles. The second-order valence-electron chi connectivity index (χ2n) is 5.55. The molecule has 17 heavy (non-hydrogen) atoms. The SMILES string of the molecule is CC(C)(C(N)c1ccco1)N1CCCCCC1. The van der Waals surface area contributed by atoms with E-state index in [2.05, 4.69) is 18.7 Å². The molecule has 2 N–H and O–H groups in total. The van der Waals surface area contributed by atoms with Crippen molar-refractivity contribution >= 4 is 0 Å². The highest BCUT2D eigenvalue weighted by Gasteiger charge is 2.35. The molecule has 1 saturated heterocycles. The molecule has 1 unspecified atom stereocenters.